The molecule has 3 aromatic carbocycles. The van der Waals surface area contributed by atoms with E-state index in [1.165, 1.54) is 40.9 Å². The van der Waals surface area contributed by atoms with Crippen molar-refractivity contribution in [1.82, 2.24) is 63.4 Å². The van der Waals surface area contributed by atoms with E-state index in [1.807, 2.05) is 30.3 Å². The summed E-state index contributed by atoms with van der Waals surface area (Å²) >= 11 is 1.33. The standard InChI is InChI=1S/C76H113N17O19S/c1-9-43(6)62(91-71(107)57-23-17-34-93(57)74(110)61(42(4)5)90-64(100)49(77)37-45-18-12-10-13-19-45)72(108)89-56(38-46-20-14-11-15-21-46)70(106)92-63(44(7)94)73(109)88-55(39-47-24-26-48(95)27-25-47)65(101)82-40-59(97)83-51(29-31-60(98)99)67(103)87-54(36-41(2)3)69(105)85-52(28-30-58(78)96)68(104)84-50(22-16-33-81-76(79)80)66(102)86-53(75(111)112)32-35-113-8/h10-15,18-21,24-27,41-44,49-57,61-63,94-95H,9,16-17,22-23,28-40,77H2,1-8H3,(H2,78,96)(H,82,101)(H,83,97)(H,84,104)(H,85,105)(H,86,102)(H,87,103)(H,88,109)(H,89,108)(H,90,100)(H,91,107)(H,92,106)(H,98,99)(H,111,112)(H4,79,80,81)/t43-,44+,49-,50-,51-,52-,53-,54-,55-,56-,57-,61-,62-,63-/m0/s1. The molecule has 1 aliphatic rings. The fraction of sp³-hybridized carbons (Fsp3) is 0.553. The highest BCUT2D eigenvalue weighted by molar-refractivity contribution is 7.98. The Hall–Kier alpha value is -10.9. The highest BCUT2D eigenvalue weighted by atomic mass is 32.2. The lowest BCUT2D eigenvalue weighted by molar-refractivity contribution is -0.143. The Kier molecular flexibility index (Phi) is 40.2. The molecule has 4 rings (SSSR count). The van der Waals surface area contributed by atoms with Gasteiger partial charge in [0, 0.05) is 38.8 Å². The third kappa shape index (κ3) is 33.1. The number of aromatic hydroxyl groups is 1. The van der Waals surface area contributed by atoms with E-state index in [2.05, 4.69) is 63.5 Å². The van der Waals surface area contributed by atoms with Gasteiger partial charge in [0.15, 0.2) is 5.96 Å². The van der Waals surface area contributed by atoms with Gasteiger partial charge in [-0.3, -0.25) is 72.1 Å². The molecule has 0 bridgehead atoms. The molecule has 13 amide bonds. The van der Waals surface area contributed by atoms with Crippen LogP contribution >= 0.6 is 11.8 Å². The summed E-state index contributed by atoms with van der Waals surface area (Å²) in [5.41, 5.74) is 24.3. The number of carbonyl (C=O) groups excluding carboxylic acids is 13. The fourth-order valence-corrected chi connectivity index (χ4v) is 12.6. The van der Waals surface area contributed by atoms with Crippen LogP contribution in [0.2, 0.25) is 0 Å². The van der Waals surface area contributed by atoms with Crippen molar-refractivity contribution in [3.05, 3.63) is 102 Å². The zero-order valence-corrected chi connectivity index (χ0v) is 65.9. The highest BCUT2D eigenvalue weighted by Crippen LogP contribution is 2.23. The van der Waals surface area contributed by atoms with Crippen molar-refractivity contribution in [2.75, 3.05) is 31.6 Å². The predicted octanol–water partition coefficient (Wildman–Crippen LogP) is -2.15. The largest absolute Gasteiger partial charge is 0.508 e. The number of carbonyl (C=O) groups is 15. The summed E-state index contributed by atoms with van der Waals surface area (Å²) < 4.78 is 0. The molecule has 3 aromatic rings. The minimum absolute atomic E-state index is 0.0107. The molecule has 14 atom stereocenters. The Morgan fingerprint density at radius 2 is 1.03 bits per heavy atom. The van der Waals surface area contributed by atoms with Crippen molar-refractivity contribution in [2.45, 2.75) is 217 Å². The van der Waals surface area contributed by atoms with Crippen molar-refractivity contribution >= 4 is 106 Å². The smallest absolute Gasteiger partial charge is 0.326 e. The SMILES string of the molecule is CC[C@H](C)[C@H](NC(=O)[C@@H]1CCCN1C(=O)[C@@H](NC(=O)[C@@H](N)Cc1ccccc1)C(C)C)C(=O)N[C@@H](Cc1ccccc1)C(=O)N[C@H](C(=O)N[C@@H](Cc1ccc(O)cc1)C(=O)NCC(=O)N[C@@H](CCC(=O)O)C(=O)N[C@@H](CC(C)C)C(=O)N[C@@H](CCC(N)=O)C(=O)N[C@@H](CCCN=C(N)N)C(=O)N[C@@H](CCSC)C(=O)O)[C@@H](C)O. The van der Waals surface area contributed by atoms with Gasteiger partial charge in [0.25, 0.3) is 0 Å². The third-order valence-corrected chi connectivity index (χ3v) is 19.3. The predicted molar refractivity (Wildman–Crippen MR) is 418 cm³/mol. The number of guanidine groups is 1. The summed E-state index contributed by atoms with van der Waals surface area (Å²) in [6, 6.07) is 5.69. The second kappa shape index (κ2) is 48.1. The molecule has 622 valence electrons. The van der Waals surface area contributed by atoms with Gasteiger partial charge in [-0.1, -0.05) is 121 Å². The number of benzene rings is 3. The summed E-state index contributed by atoms with van der Waals surface area (Å²) in [6.07, 6.45) is -1.83. The average Bonchev–Trinajstić information content (AvgIpc) is 1.72. The van der Waals surface area contributed by atoms with Crippen molar-refractivity contribution in [3.8, 4) is 5.75 Å². The van der Waals surface area contributed by atoms with Gasteiger partial charge in [-0.2, -0.15) is 11.8 Å². The van der Waals surface area contributed by atoms with E-state index >= 15 is 0 Å². The molecule has 0 aliphatic carbocycles. The summed E-state index contributed by atoms with van der Waals surface area (Å²) in [7, 11) is 0. The summed E-state index contributed by atoms with van der Waals surface area (Å²) in [4.78, 5) is 212. The number of likely N-dealkylation sites (tertiary alicyclic amines) is 1. The number of aliphatic carboxylic acids is 2. The zero-order valence-electron chi connectivity index (χ0n) is 65.1. The number of nitrogens with one attached hydrogen (secondary N) is 11. The first-order valence-electron chi connectivity index (χ1n) is 37.6. The number of carboxylic acids is 2. The minimum Gasteiger partial charge on any atom is -0.508 e. The third-order valence-electron chi connectivity index (χ3n) is 18.7. The van der Waals surface area contributed by atoms with Gasteiger partial charge in [0.1, 0.15) is 72.2 Å². The number of hydrogen-bond donors (Lipinski definition) is 19. The monoisotopic (exact) mass is 1600 g/mol. The average molecular weight is 1600 g/mol. The highest BCUT2D eigenvalue weighted by Gasteiger charge is 2.43. The summed E-state index contributed by atoms with van der Waals surface area (Å²) in [5, 5.41) is 68.8. The lowest BCUT2D eigenvalue weighted by atomic mass is 9.96. The van der Waals surface area contributed by atoms with Crippen molar-refractivity contribution < 1.29 is 92.3 Å². The van der Waals surface area contributed by atoms with Gasteiger partial charge in [-0.05, 0) is 123 Å². The van der Waals surface area contributed by atoms with Crippen molar-refractivity contribution in [2.24, 2.45) is 45.7 Å². The fourth-order valence-electron chi connectivity index (χ4n) is 12.2. The molecule has 1 heterocycles. The van der Waals surface area contributed by atoms with E-state index in [-0.39, 0.29) is 82.1 Å². The molecule has 0 saturated carbocycles. The molecule has 1 fully saturated rings. The van der Waals surface area contributed by atoms with Gasteiger partial charge < -0.3 is 107 Å². The van der Waals surface area contributed by atoms with Crippen LogP contribution in [0.25, 0.3) is 0 Å². The topological polar surface area (TPSA) is 589 Å². The number of aliphatic hydroxyl groups excluding tert-OH is 1. The second-order valence-electron chi connectivity index (χ2n) is 28.7. The van der Waals surface area contributed by atoms with Gasteiger partial charge in [0.05, 0.1) is 18.7 Å². The molecule has 23 N–H and O–H groups in total. The van der Waals surface area contributed by atoms with E-state index in [0.717, 1.165) is 12.5 Å². The molecule has 0 spiro atoms. The van der Waals surface area contributed by atoms with Crippen LogP contribution in [0.3, 0.4) is 0 Å². The van der Waals surface area contributed by atoms with Crippen LogP contribution in [-0.4, -0.2) is 230 Å². The molecular weight excluding hydrogens is 1490 g/mol. The Bertz CT molecular complexity index is 3740. The number of nitrogens with two attached hydrogens (primary N) is 4. The Morgan fingerprint density at radius 1 is 0.540 bits per heavy atom. The normalized spacial score (nSPS) is 16.0. The molecule has 0 unspecified atom stereocenters. The number of hydrogen-bond acceptors (Lipinski definition) is 20. The molecule has 36 nitrogen and oxygen atoms in total. The van der Waals surface area contributed by atoms with Crippen LogP contribution in [0.1, 0.15) is 136 Å². The number of amides is 13. The number of aliphatic imine (C=N–C) groups is 1. The van der Waals surface area contributed by atoms with Crippen LogP contribution in [0.15, 0.2) is 89.9 Å². The van der Waals surface area contributed by atoms with Crippen molar-refractivity contribution in [3.63, 3.8) is 0 Å². The number of carboxylic acid groups (broad SMARTS) is 2. The molecule has 37 heteroatoms. The zero-order chi connectivity index (χ0) is 84.2. The first kappa shape index (κ1) is 94.4. The van der Waals surface area contributed by atoms with Crippen LogP contribution < -0.4 is 81.4 Å². The van der Waals surface area contributed by atoms with Crippen LogP contribution in [0.4, 0.5) is 0 Å². The molecule has 113 heavy (non-hydrogen) atoms. The molecule has 0 aromatic heterocycles. The van der Waals surface area contributed by atoms with Gasteiger partial charge in [-0.15, -0.1) is 0 Å². The Balaban J connectivity index is 1.56. The summed E-state index contributed by atoms with van der Waals surface area (Å²) in [6.45, 7) is 10.6. The lowest BCUT2D eigenvalue weighted by Crippen LogP contribution is -2.62. The lowest BCUT2D eigenvalue weighted by Gasteiger charge is -2.33. The van der Waals surface area contributed by atoms with Gasteiger partial charge in [0.2, 0.25) is 76.8 Å². The number of phenolic OH excluding ortho intramolecular Hbond substituents is 1. The second-order valence-corrected chi connectivity index (χ2v) is 29.7. The molecule has 1 saturated heterocycles. The quantitative estimate of drug-likeness (QED) is 0.0163. The molecule has 0 radical (unpaired) electrons. The number of nitrogens with zero attached hydrogens (tertiary/aromatic N) is 2. The molecular formula is C76H113N17O19S. The van der Waals surface area contributed by atoms with Gasteiger partial charge in [-0.25, -0.2) is 4.79 Å². The van der Waals surface area contributed by atoms with Crippen LogP contribution in [0.5, 0.6) is 5.75 Å². The summed E-state index contributed by atoms with van der Waals surface area (Å²) in [5.74, 6) is -16.1. The first-order valence-corrected chi connectivity index (χ1v) is 39.0. The van der Waals surface area contributed by atoms with E-state index in [0.29, 0.717) is 29.7 Å². The number of phenols is 1. The number of primary amides is 1. The molecule has 1 aliphatic heterocycles. The number of thioether (sulfide) groups is 1. The Labute approximate surface area is 660 Å². The number of rotatable bonds is 49. The minimum atomic E-state index is -1.88. The Morgan fingerprint density at radius 3 is 1.55 bits per heavy atom. The van der Waals surface area contributed by atoms with E-state index in [9.17, 15) is 92.3 Å². The maximum Gasteiger partial charge on any atom is 0.326 e. The van der Waals surface area contributed by atoms with E-state index in [1.54, 1.807) is 78.1 Å². The van der Waals surface area contributed by atoms with Crippen molar-refractivity contribution in [1.29, 1.82) is 0 Å². The first-order chi connectivity index (χ1) is 53.4. The van der Waals surface area contributed by atoms with Gasteiger partial charge >= 0.3 is 11.9 Å². The maximum absolute atomic E-state index is 14.7. The van der Waals surface area contributed by atoms with E-state index < -0.39 is 211 Å². The maximum atomic E-state index is 14.7. The van der Waals surface area contributed by atoms with Crippen LogP contribution in [-0.2, 0) is 91.2 Å². The van der Waals surface area contributed by atoms with E-state index in [4.69, 9.17) is 22.9 Å². The van der Waals surface area contributed by atoms with Crippen LogP contribution in [0, 0.1) is 17.8 Å². The number of aliphatic hydroxyl groups is 1.